The zero-order valence-corrected chi connectivity index (χ0v) is 16.2. The number of aryl methyl sites for hydroxylation is 1. The monoisotopic (exact) mass is 349 g/mol. The topological polar surface area (TPSA) is 47.8 Å². The number of likely N-dealkylation sites (tertiary alicyclic amines) is 1. The number of hydrogen-bond acceptors (Lipinski definition) is 5. The molecule has 3 heterocycles. The summed E-state index contributed by atoms with van der Waals surface area (Å²) in [6.07, 6.45) is 4.12. The van der Waals surface area contributed by atoms with Gasteiger partial charge >= 0.3 is 0 Å². The van der Waals surface area contributed by atoms with Crippen molar-refractivity contribution in [2.75, 3.05) is 52.9 Å². The number of rotatable bonds is 6. The Hall–Kier alpha value is -0.950. The second-order valence-electron chi connectivity index (χ2n) is 7.80. The third-order valence-corrected chi connectivity index (χ3v) is 6.08. The Morgan fingerprint density at radius 3 is 2.44 bits per heavy atom. The molecule has 2 fully saturated rings. The second-order valence-corrected chi connectivity index (χ2v) is 7.80. The molecule has 1 unspecified atom stereocenters. The number of piperidine rings is 1. The first-order chi connectivity index (χ1) is 12.1. The molecule has 2 aliphatic heterocycles. The Morgan fingerprint density at radius 2 is 1.76 bits per heavy atom. The summed E-state index contributed by atoms with van der Waals surface area (Å²) in [6, 6.07) is 0.751. The van der Waals surface area contributed by atoms with Gasteiger partial charge in [0.2, 0.25) is 0 Å². The molecule has 1 aromatic rings. The summed E-state index contributed by atoms with van der Waals surface area (Å²) in [6.45, 7) is 13.1. The highest BCUT2D eigenvalue weighted by Crippen LogP contribution is 2.19. The van der Waals surface area contributed by atoms with Crippen LogP contribution in [0.5, 0.6) is 0 Å². The van der Waals surface area contributed by atoms with Gasteiger partial charge in [-0.1, -0.05) is 6.42 Å². The Morgan fingerprint density at radius 1 is 1.04 bits per heavy atom. The highest BCUT2D eigenvalue weighted by Gasteiger charge is 2.25. The van der Waals surface area contributed by atoms with Gasteiger partial charge in [0.15, 0.2) is 0 Å². The van der Waals surface area contributed by atoms with Crippen LogP contribution in [0.15, 0.2) is 0 Å². The van der Waals surface area contributed by atoms with E-state index in [1.165, 1.54) is 56.7 Å². The van der Waals surface area contributed by atoms with Crippen LogP contribution in [0.1, 0.15) is 36.2 Å². The standard InChI is InChI=1S/C19H35N5O/c1-16-19(17(2)24(20-16)12-13-25)15-23-10-8-22(9-11-23)14-18-6-4-5-7-21(18)3/h18,25H,4-15H2,1-3H3. The van der Waals surface area contributed by atoms with E-state index in [1.807, 2.05) is 4.68 Å². The van der Waals surface area contributed by atoms with Gasteiger partial charge in [0.1, 0.15) is 0 Å². The fourth-order valence-electron chi connectivity index (χ4n) is 4.30. The maximum Gasteiger partial charge on any atom is 0.0644 e. The van der Waals surface area contributed by atoms with Gasteiger partial charge < -0.3 is 10.0 Å². The Kier molecular flexibility index (Phi) is 6.49. The van der Waals surface area contributed by atoms with Crippen molar-refractivity contribution < 1.29 is 5.11 Å². The first kappa shape index (κ1) is 18.8. The smallest absolute Gasteiger partial charge is 0.0644 e. The predicted molar refractivity (Wildman–Crippen MR) is 101 cm³/mol. The summed E-state index contributed by atoms with van der Waals surface area (Å²) >= 11 is 0. The van der Waals surface area contributed by atoms with Crippen LogP contribution in [-0.4, -0.2) is 88.6 Å². The SMILES string of the molecule is Cc1nn(CCO)c(C)c1CN1CCN(CC2CCCCN2C)CC1. The molecule has 1 aromatic heterocycles. The van der Waals surface area contributed by atoms with E-state index in [-0.39, 0.29) is 6.61 Å². The normalized spacial score (nSPS) is 24.1. The van der Waals surface area contributed by atoms with Gasteiger partial charge in [-0.15, -0.1) is 0 Å². The minimum atomic E-state index is 0.148. The Balaban J connectivity index is 1.49. The summed E-state index contributed by atoms with van der Waals surface area (Å²) in [5.41, 5.74) is 3.66. The van der Waals surface area contributed by atoms with Crippen molar-refractivity contribution in [2.24, 2.45) is 0 Å². The lowest BCUT2D eigenvalue weighted by atomic mass is 10.0. The van der Waals surface area contributed by atoms with Gasteiger partial charge in [-0.25, -0.2) is 0 Å². The minimum absolute atomic E-state index is 0.148. The Bertz CT molecular complexity index is 550. The highest BCUT2D eigenvalue weighted by molar-refractivity contribution is 5.24. The van der Waals surface area contributed by atoms with Crippen molar-refractivity contribution in [2.45, 2.75) is 52.2 Å². The zero-order valence-electron chi connectivity index (χ0n) is 16.2. The molecule has 1 N–H and O–H groups in total. The number of aliphatic hydroxyl groups is 1. The van der Waals surface area contributed by atoms with E-state index < -0.39 is 0 Å². The molecule has 1 atom stereocenters. The molecule has 2 aliphatic rings. The van der Waals surface area contributed by atoms with Crippen LogP contribution < -0.4 is 0 Å². The minimum Gasteiger partial charge on any atom is -0.394 e. The lowest BCUT2D eigenvalue weighted by Gasteiger charge is -2.40. The molecule has 0 aliphatic carbocycles. The summed E-state index contributed by atoms with van der Waals surface area (Å²) < 4.78 is 1.94. The molecule has 0 saturated carbocycles. The molecule has 0 spiro atoms. The molecule has 0 bridgehead atoms. The highest BCUT2D eigenvalue weighted by atomic mass is 16.3. The number of piperazine rings is 1. The third-order valence-electron chi connectivity index (χ3n) is 6.08. The van der Waals surface area contributed by atoms with Crippen molar-refractivity contribution in [1.82, 2.24) is 24.5 Å². The van der Waals surface area contributed by atoms with Crippen LogP contribution in [0.4, 0.5) is 0 Å². The van der Waals surface area contributed by atoms with E-state index in [0.717, 1.165) is 31.4 Å². The molecule has 3 rings (SSSR count). The molecule has 25 heavy (non-hydrogen) atoms. The van der Waals surface area contributed by atoms with Crippen LogP contribution >= 0.6 is 0 Å². The molecule has 6 nitrogen and oxygen atoms in total. The average molecular weight is 350 g/mol. The van der Waals surface area contributed by atoms with Crippen molar-refractivity contribution >= 4 is 0 Å². The molecular formula is C19H35N5O. The maximum absolute atomic E-state index is 9.17. The van der Waals surface area contributed by atoms with Crippen LogP contribution in [0.25, 0.3) is 0 Å². The third kappa shape index (κ3) is 4.61. The molecular weight excluding hydrogens is 314 g/mol. The second kappa shape index (κ2) is 8.62. The average Bonchev–Trinajstić information content (AvgIpc) is 2.86. The predicted octanol–water partition coefficient (Wildman–Crippen LogP) is 1.09. The number of aliphatic hydroxyl groups excluding tert-OH is 1. The van der Waals surface area contributed by atoms with E-state index in [0.29, 0.717) is 6.54 Å². The zero-order chi connectivity index (χ0) is 17.8. The van der Waals surface area contributed by atoms with Crippen molar-refractivity contribution in [3.8, 4) is 0 Å². The van der Waals surface area contributed by atoms with Crippen molar-refractivity contribution in [1.29, 1.82) is 0 Å². The van der Waals surface area contributed by atoms with E-state index in [1.54, 1.807) is 0 Å². The molecule has 142 valence electrons. The first-order valence-corrected chi connectivity index (χ1v) is 9.87. The maximum atomic E-state index is 9.17. The summed E-state index contributed by atoms with van der Waals surface area (Å²) in [5, 5.41) is 13.7. The number of nitrogens with zero attached hydrogens (tertiary/aromatic N) is 5. The fourth-order valence-corrected chi connectivity index (χ4v) is 4.30. The van der Waals surface area contributed by atoms with Crippen LogP contribution in [0, 0.1) is 13.8 Å². The largest absolute Gasteiger partial charge is 0.394 e. The molecule has 2 saturated heterocycles. The molecule has 0 amide bonds. The fraction of sp³-hybridized carbons (Fsp3) is 0.842. The van der Waals surface area contributed by atoms with Crippen molar-refractivity contribution in [3.63, 3.8) is 0 Å². The lowest BCUT2D eigenvalue weighted by Crippen LogP contribution is -2.51. The molecule has 6 heteroatoms. The van der Waals surface area contributed by atoms with E-state index in [4.69, 9.17) is 5.11 Å². The number of likely N-dealkylation sites (N-methyl/N-ethyl adjacent to an activating group) is 1. The number of aromatic nitrogens is 2. The van der Waals surface area contributed by atoms with Gasteiger partial charge in [0.05, 0.1) is 18.8 Å². The van der Waals surface area contributed by atoms with Gasteiger partial charge in [0.25, 0.3) is 0 Å². The van der Waals surface area contributed by atoms with Crippen LogP contribution in [0.2, 0.25) is 0 Å². The van der Waals surface area contributed by atoms with Gasteiger partial charge in [-0.2, -0.15) is 5.10 Å². The summed E-state index contributed by atoms with van der Waals surface area (Å²) in [4.78, 5) is 7.76. The van der Waals surface area contributed by atoms with E-state index in [2.05, 4.69) is 40.7 Å². The van der Waals surface area contributed by atoms with Crippen LogP contribution in [-0.2, 0) is 13.1 Å². The number of hydrogen-bond donors (Lipinski definition) is 1. The van der Waals surface area contributed by atoms with Crippen LogP contribution in [0.3, 0.4) is 0 Å². The van der Waals surface area contributed by atoms with Crippen molar-refractivity contribution in [3.05, 3.63) is 17.0 Å². The molecule has 0 radical (unpaired) electrons. The lowest BCUT2D eigenvalue weighted by molar-refractivity contribution is 0.0816. The quantitative estimate of drug-likeness (QED) is 0.833. The summed E-state index contributed by atoms with van der Waals surface area (Å²) in [7, 11) is 2.29. The first-order valence-electron chi connectivity index (χ1n) is 9.87. The Labute approximate surface area is 152 Å². The van der Waals surface area contributed by atoms with Gasteiger partial charge in [-0.05, 0) is 40.3 Å². The summed E-state index contributed by atoms with van der Waals surface area (Å²) in [5.74, 6) is 0. The van der Waals surface area contributed by atoms with Gasteiger partial charge in [-0.3, -0.25) is 14.5 Å². The molecule has 0 aromatic carbocycles. The van der Waals surface area contributed by atoms with E-state index >= 15 is 0 Å². The van der Waals surface area contributed by atoms with Gasteiger partial charge in [0, 0.05) is 56.6 Å². The van der Waals surface area contributed by atoms with E-state index in [9.17, 15) is 0 Å².